The van der Waals surface area contributed by atoms with Crippen LogP contribution in [0.15, 0.2) is 48.7 Å². The van der Waals surface area contributed by atoms with E-state index in [0.29, 0.717) is 17.4 Å². The number of carbonyl (C=O) groups excluding carboxylic acids is 1. The van der Waals surface area contributed by atoms with E-state index in [9.17, 15) is 14.7 Å². The number of carboxylic acid groups (broad SMARTS) is 1. The zero-order valence-electron chi connectivity index (χ0n) is 17.3. The van der Waals surface area contributed by atoms with Crippen LogP contribution >= 0.6 is 0 Å². The fraction of sp³-hybridized carbons (Fsp3) is 0.292. The number of carbonyl (C=O) groups is 2. The summed E-state index contributed by atoms with van der Waals surface area (Å²) in [5.74, 6) is -0.974. The minimum absolute atomic E-state index is 0.232. The van der Waals surface area contributed by atoms with Gasteiger partial charge in [-0.25, -0.2) is 9.59 Å². The first kappa shape index (κ1) is 19.9. The number of nitrogens with zero attached hydrogens (tertiary/aromatic N) is 2. The van der Waals surface area contributed by atoms with E-state index in [4.69, 9.17) is 4.74 Å². The molecule has 2 heterocycles. The van der Waals surface area contributed by atoms with Gasteiger partial charge in [0.2, 0.25) is 0 Å². The lowest BCUT2D eigenvalue weighted by atomic mass is 9.95. The van der Waals surface area contributed by atoms with Crippen molar-refractivity contribution in [1.82, 2.24) is 4.98 Å². The normalized spacial score (nSPS) is 13.8. The highest BCUT2D eigenvalue weighted by Gasteiger charge is 2.27. The molecular weight excluding hydrogens is 380 g/mol. The summed E-state index contributed by atoms with van der Waals surface area (Å²) < 4.78 is 5.56. The lowest BCUT2D eigenvalue weighted by Crippen LogP contribution is -2.39. The van der Waals surface area contributed by atoms with Gasteiger partial charge in [0.25, 0.3) is 0 Å². The summed E-state index contributed by atoms with van der Waals surface area (Å²) in [7, 11) is 0. The molecule has 1 aromatic heterocycles. The SMILES string of the molecule is CC(C)(C)OC(=O)N1CCCc2cc(-c3ccc4nccc(C(=O)O)c4c3)ccc21. The van der Waals surface area contributed by atoms with Gasteiger partial charge in [0.1, 0.15) is 5.60 Å². The van der Waals surface area contributed by atoms with Gasteiger partial charge in [0, 0.05) is 18.1 Å². The van der Waals surface area contributed by atoms with Crippen molar-refractivity contribution in [1.29, 1.82) is 0 Å². The second kappa shape index (κ2) is 7.44. The number of carboxylic acids is 1. The van der Waals surface area contributed by atoms with Crippen LogP contribution in [0, 0.1) is 0 Å². The molecule has 1 aliphatic heterocycles. The fourth-order valence-corrected chi connectivity index (χ4v) is 3.80. The molecule has 3 aromatic rings. The Hall–Kier alpha value is -3.41. The van der Waals surface area contributed by atoms with Gasteiger partial charge in [0.05, 0.1) is 16.8 Å². The minimum Gasteiger partial charge on any atom is -0.478 e. The third kappa shape index (κ3) is 3.85. The van der Waals surface area contributed by atoms with E-state index in [1.54, 1.807) is 4.90 Å². The van der Waals surface area contributed by atoms with E-state index in [2.05, 4.69) is 11.1 Å². The highest BCUT2D eigenvalue weighted by Crippen LogP contribution is 2.34. The van der Waals surface area contributed by atoms with Crippen molar-refractivity contribution in [3.63, 3.8) is 0 Å². The minimum atomic E-state index is -0.974. The maximum Gasteiger partial charge on any atom is 0.414 e. The van der Waals surface area contributed by atoms with Gasteiger partial charge in [0.15, 0.2) is 0 Å². The Balaban J connectivity index is 1.72. The highest BCUT2D eigenvalue weighted by atomic mass is 16.6. The average Bonchev–Trinajstić information content (AvgIpc) is 2.70. The van der Waals surface area contributed by atoms with Crippen molar-refractivity contribution in [2.45, 2.75) is 39.2 Å². The first-order chi connectivity index (χ1) is 14.2. The number of aromatic nitrogens is 1. The number of amides is 1. The number of aryl methyl sites for hydroxylation is 1. The Morgan fingerprint density at radius 2 is 1.80 bits per heavy atom. The van der Waals surface area contributed by atoms with Crippen LogP contribution in [0.5, 0.6) is 0 Å². The molecule has 0 fully saturated rings. The Kier molecular flexibility index (Phi) is 4.94. The van der Waals surface area contributed by atoms with Crippen molar-refractivity contribution >= 4 is 28.7 Å². The molecule has 0 aliphatic carbocycles. The largest absolute Gasteiger partial charge is 0.478 e. The molecule has 0 spiro atoms. The molecule has 0 unspecified atom stereocenters. The van der Waals surface area contributed by atoms with E-state index >= 15 is 0 Å². The van der Waals surface area contributed by atoms with Gasteiger partial charge in [-0.15, -0.1) is 0 Å². The van der Waals surface area contributed by atoms with Crippen LogP contribution in [0.1, 0.15) is 43.1 Å². The molecule has 0 bridgehead atoms. The predicted octanol–water partition coefficient (Wildman–Crippen LogP) is 5.29. The third-order valence-corrected chi connectivity index (χ3v) is 5.12. The highest BCUT2D eigenvalue weighted by molar-refractivity contribution is 6.03. The summed E-state index contributed by atoms with van der Waals surface area (Å²) in [6, 6.07) is 13.1. The Morgan fingerprint density at radius 3 is 2.53 bits per heavy atom. The number of hydrogen-bond donors (Lipinski definition) is 1. The first-order valence-corrected chi connectivity index (χ1v) is 9.99. The van der Waals surface area contributed by atoms with E-state index < -0.39 is 11.6 Å². The quantitative estimate of drug-likeness (QED) is 0.628. The lowest BCUT2D eigenvalue weighted by Gasteiger charge is -2.32. The molecule has 154 valence electrons. The van der Waals surface area contributed by atoms with E-state index in [-0.39, 0.29) is 11.7 Å². The standard InChI is InChI=1S/C24H24N2O4/c1-24(2,3)30-23(29)26-12-4-5-17-13-15(7-9-21(17)26)16-6-8-20-19(14-16)18(22(27)28)10-11-25-20/h6-11,13-14H,4-5,12H2,1-3H3,(H,27,28). The summed E-state index contributed by atoms with van der Waals surface area (Å²) in [6.07, 6.45) is 2.91. The van der Waals surface area contributed by atoms with Crippen molar-refractivity contribution in [2.24, 2.45) is 0 Å². The van der Waals surface area contributed by atoms with Crippen LogP contribution < -0.4 is 4.90 Å². The molecule has 6 nitrogen and oxygen atoms in total. The van der Waals surface area contributed by atoms with E-state index in [0.717, 1.165) is 35.2 Å². The fourth-order valence-electron chi connectivity index (χ4n) is 3.80. The van der Waals surface area contributed by atoms with Crippen LogP contribution in [0.4, 0.5) is 10.5 Å². The topological polar surface area (TPSA) is 79.7 Å². The number of pyridine rings is 1. The number of aromatic carboxylic acids is 1. The van der Waals surface area contributed by atoms with Gasteiger partial charge in [-0.3, -0.25) is 9.88 Å². The summed E-state index contributed by atoms with van der Waals surface area (Å²) in [5.41, 5.74) is 4.17. The number of benzene rings is 2. The van der Waals surface area contributed by atoms with Gasteiger partial charge in [-0.2, -0.15) is 0 Å². The summed E-state index contributed by atoms with van der Waals surface area (Å²) in [6.45, 7) is 6.21. The van der Waals surface area contributed by atoms with Gasteiger partial charge in [-0.05, 0) is 80.6 Å². The second-order valence-corrected chi connectivity index (χ2v) is 8.47. The molecule has 0 atom stereocenters. The summed E-state index contributed by atoms with van der Waals surface area (Å²) in [4.78, 5) is 30.2. The predicted molar refractivity (Wildman–Crippen MR) is 116 cm³/mol. The summed E-state index contributed by atoms with van der Waals surface area (Å²) in [5, 5.41) is 10.1. The molecule has 30 heavy (non-hydrogen) atoms. The number of ether oxygens (including phenoxy) is 1. The van der Waals surface area contributed by atoms with Crippen molar-refractivity contribution in [3.8, 4) is 11.1 Å². The second-order valence-electron chi connectivity index (χ2n) is 8.47. The molecule has 1 N–H and O–H groups in total. The molecular formula is C24H24N2O4. The van der Waals surface area contributed by atoms with Gasteiger partial charge >= 0.3 is 12.1 Å². The van der Waals surface area contributed by atoms with Crippen molar-refractivity contribution in [2.75, 3.05) is 11.4 Å². The first-order valence-electron chi connectivity index (χ1n) is 9.99. The molecule has 4 rings (SSSR count). The summed E-state index contributed by atoms with van der Waals surface area (Å²) >= 11 is 0. The lowest BCUT2D eigenvalue weighted by molar-refractivity contribution is 0.0577. The van der Waals surface area contributed by atoms with Crippen LogP contribution in [0.3, 0.4) is 0 Å². The maximum absolute atomic E-state index is 12.6. The van der Waals surface area contributed by atoms with Crippen LogP contribution in [0.2, 0.25) is 0 Å². The smallest absolute Gasteiger partial charge is 0.414 e. The van der Waals surface area contributed by atoms with E-state index in [1.165, 1.54) is 12.3 Å². The van der Waals surface area contributed by atoms with Crippen molar-refractivity contribution < 1.29 is 19.4 Å². The molecule has 0 saturated heterocycles. The van der Waals surface area contributed by atoms with Crippen LogP contribution in [-0.4, -0.2) is 34.3 Å². The number of hydrogen-bond acceptors (Lipinski definition) is 4. The van der Waals surface area contributed by atoms with Crippen molar-refractivity contribution in [3.05, 3.63) is 59.8 Å². The monoisotopic (exact) mass is 404 g/mol. The zero-order chi connectivity index (χ0) is 21.5. The van der Waals surface area contributed by atoms with E-state index in [1.807, 2.05) is 51.1 Å². The maximum atomic E-state index is 12.6. The molecule has 1 aliphatic rings. The molecule has 1 amide bonds. The average molecular weight is 404 g/mol. The molecule has 0 saturated carbocycles. The number of rotatable bonds is 2. The third-order valence-electron chi connectivity index (χ3n) is 5.12. The molecule has 6 heteroatoms. The molecule has 0 radical (unpaired) electrons. The Labute approximate surface area is 175 Å². The number of anilines is 1. The van der Waals surface area contributed by atoms with Crippen LogP contribution in [0.25, 0.3) is 22.0 Å². The molecule has 2 aromatic carbocycles. The van der Waals surface area contributed by atoms with Gasteiger partial charge in [-0.1, -0.05) is 12.1 Å². The Bertz CT molecular complexity index is 1150. The zero-order valence-corrected chi connectivity index (χ0v) is 17.3. The Morgan fingerprint density at radius 1 is 1.07 bits per heavy atom. The van der Waals surface area contributed by atoms with Gasteiger partial charge < -0.3 is 9.84 Å². The number of fused-ring (bicyclic) bond motifs is 2. The van der Waals surface area contributed by atoms with Crippen LogP contribution in [-0.2, 0) is 11.2 Å².